The van der Waals surface area contributed by atoms with E-state index in [1.54, 1.807) is 6.92 Å². The molecule has 2 amide bonds. The first-order valence-electron chi connectivity index (χ1n) is 7.94. The Morgan fingerprint density at radius 2 is 2.16 bits per heavy atom. The number of halogens is 1. The van der Waals surface area contributed by atoms with Crippen LogP contribution >= 0.6 is 22.9 Å². The van der Waals surface area contributed by atoms with E-state index in [1.807, 2.05) is 24.3 Å². The Labute approximate surface area is 153 Å². The smallest absolute Gasteiger partial charge is 0.308 e. The minimum atomic E-state index is -0.887. The largest absolute Gasteiger partial charge is 0.466 e. The zero-order valence-corrected chi connectivity index (χ0v) is 15.2. The van der Waals surface area contributed by atoms with Gasteiger partial charge in [0.1, 0.15) is 10.9 Å². The van der Waals surface area contributed by atoms with E-state index in [1.165, 1.54) is 16.2 Å². The molecule has 1 saturated heterocycles. The average molecular weight is 381 g/mol. The van der Waals surface area contributed by atoms with E-state index >= 15 is 0 Å². The lowest BCUT2D eigenvalue weighted by molar-refractivity contribution is -0.147. The third-order valence-electron chi connectivity index (χ3n) is 3.99. The molecule has 1 aliphatic rings. The molecule has 0 unspecified atom stereocenters. The predicted octanol–water partition coefficient (Wildman–Crippen LogP) is 2.45. The summed E-state index contributed by atoms with van der Waals surface area (Å²) in [6, 6.07) is 6.58. The second-order valence-corrected chi connectivity index (χ2v) is 6.99. The van der Waals surface area contributed by atoms with Gasteiger partial charge in [0.05, 0.1) is 18.1 Å². The summed E-state index contributed by atoms with van der Waals surface area (Å²) in [6.45, 7) is 2.58. The number of hydrogen-bond donors (Lipinski definition) is 1. The van der Waals surface area contributed by atoms with Gasteiger partial charge < -0.3 is 15.0 Å². The number of esters is 1. The number of carbonyl (C=O) groups excluding carboxylic acids is 3. The molecule has 0 spiro atoms. The van der Waals surface area contributed by atoms with Crippen LogP contribution in [-0.4, -0.2) is 48.4 Å². The number of hydrogen-bond acceptors (Lipinski definition) is 5. The summed E-state index contributed by atoms with van der Waals surface area (Å²) in [5, 5.41) is 3.87. The highest BCUT2D eigenvalue weighted by Crippen LogP contribution is 2.36. The van der Waals surface area contributed by atoms with E-state index < -0.39 is 12.0 Å². The first-order valence-corrected chi connectivity index (χ1v) is 9.13. The highest BCUT2D eigenvalue weighted by molar-refractivity contribution is 7.21. The minimum Gasteiger partial charge on any atom is -0.466 e. The molecule has 0 bridgehead atoms. The van der Waals surface area contributed by atoms with E-state index in [-0.39, 0.29) is 24.8 Å². The lowest BCUT2D eigenvalue weighted by Crippen LogP contribution is -2.57. The number of nitrogens with one attached hydrogen (secondary N) is 1. The van der Waals surface area contributed by atoms with Crippen molar-refractivity contribution in [3.05, 3.63) is 34.2 Å². The number of carbonyl (C=O) groups is 3. The summed E-state index contributed by atoms with van der Waals surface area (Å²) in [6.07, 6.45) is -0.173. The van der Waals surface area contributed by atoms with Gasteiger partial charge in [0, 0.05) is 23.2 Å². The van der Waals surface area contributed by atoms with Crippen molar-refractivity contribution in [2.75, 3.05) is 19.7 Å². The number of amides is 2. The molecule has 2 aromatic rings. The van der Waals surface area contributed by atoms with Gasteiger partial charge in [-0.15, -0.1) is 11.3 Å². The SMILES string of the molecule is CCOC(=O)C[C@H]1C(=O)NCCN1C(=O)c1sc2ccccc2c1Cl. The second-order valence-electron chi connectivity index (χ2n) is 5.56. The third kappa shape index (κ3) is 3.48. The molecule has 0 saturated carbocycles. The maximum atomic E-state index is 13.0. The van der Waals surface area contributed by atoms with Crippen molar-refractivity contribution in [1.82, 2.24) is 10.2 Å². The quantitative estimate of drug-likeness (QED) is 0.826. The Balaban J connectivity index is 1.90. The Hall–Kier alpha value is -2.12. The monoisotopic (exact) mass is 380 g/mol. The van der Waals surface area contributed by atoms with E-state index in [4.69, 9.17) is 16.3 Å². The summed E-state index contributed by atoms with van der Waals surface area (Å²) in [5.74, 6) is -1.20. The molecule has 1 N–H and O–H groups in total. The summed E-state index contributed by atoms with van der Waals surface area (Å²) in [5.41, 5.74) is 0. The Morgan fingerprint density at radius 3 is 2.88 bits per heavy atom. The van der Waals surface area contributed by atoms with Crippen molar-refractivity contribution in [2.24, 2.45) is 0 Å². The van der Waals surface area contributed by atoms with Gasteiger partial charge in [-0.05, 0) is 13.0 Å². The summed E-state index contributed by atoms with van der Waals surface area (Å²) >= 11 is 7.67. The molecule has 6 nitrogen and oxygen atoms in total. The first kappa shape index (κ1) is 17.7. The number of nitrogens with zero attached hydrogens (tertiary/aromatic N) is 1. The highest BCUT2D eigenvalue weighted by atomic mass is 35.5. The molecule has 1 aromatic carbocycles. The number of piperazine rings is 1. The Kier molecular flexibility index (Phi) is 5.24. The molecule has 25 heavy (non-hydrogen) atoms. The predicted molar refractivity (Wildman–Crippen MR) is 95.9 cm³/mol. The second kappa shape index (κ2) is 7.41. The van der Waals surface area contributed by atoms with Gasteiger partial charge in [0.15, 0.2) is 0 Å². The molecule has 1 aromatic heterocycles. The van der Waals surface area contributed by atoms with E-state index in [9.17, 15) is 14.4 Å². The number of thiophene rings is 1. The van der Waals surface area contributed by atoms with Gasteiger partial charge in [-0.1, -0.05) is 29.8 Å². The molecular formula is C17H17ClN2O4S. The topological polar surface area (TPSA) is 75.7 Å². The summed E-state index contributed by atoms with van der Waals surface area (Å²) in [4.78, 5) is 38.8. The summed E-state index contributed by atoms with van der Waals surface area (Å²) in [7, 11) is 0. The fourth-order valence-electron chi connectivity index (χ4n) is 2.82. The molecule has 8 heteroatoms. The van der Waals surface area contributed by atoms with Gasteiger partial charge >= 0.3 is 5.97 Å². The van der Waals surface area contributed by atoms with Crippen LogP contribution in [0.4, 0.5) is 0 Å². The van der Waals surface area contributed by atoms with Gasteiger partial charge in [-0.25, -0.2) is 0 Å². The number of benzene rings is 1. The van der Waals surface area contributed by atoms with Gasteiger partial charge in [0.2, 0.25) is 5.91 Å². The van der Waals surface area contributed by atoms with Crippen LogP contribution in [0.2, 0.25) is 5.02 Å². The normalized spacial score (nSPS) is 17.4. The van der Waals surface area contributed by atoms with Crippen LogP contribution in [0.1, 0.15) is 23.0 Å². The molecule has 0 radical (unpaired) electrons. The lowest BCUT2D eigenvalue weighted by Gasteiger charge is -2.34. The summed E-state index contributed by atoms with van der Waals surface area (Å²) < 4.78 is 5.82. The van der Waals surface area contributed by atoms with Gasteiger partial charge in [-0.3, -0.25) is 14.4 Å². The Bertz CT molecular complexity index is 835. The molecule has 1 atom stereocenters. The molecule has 3 rings (SSSR count). The van der Waals surface area contributed by atoms with Crippen LogP contribution in [0.15, 0.2) is 24.3 Å². The van der Waals surface area contributed by atoms with E-state index in [0.717, 1.165) is 10.1 Å². The molecule has 0 aliphatic carbocycles. The minimum absolute atomic E-state index is 0.173. The molecule has 1 aliphatic heterocycles. The zero-order chi connectivity index (χ0) is 18.0. The first-order chi connectivity index (χ1) is 12.0. The van der Waals surface area contributed by atoms with E-state index in [0.29, 0.717) is 23.0 Å². The molecule has 1 fully saturated rings. The van der Waals surface area contributed by atoms with Crippen LogP contribution in [-0.2, 0) is 14.3 Å². The van der Waals surface area contributed by atoms with Crippen molar-refractivity contribution in [3.63, 3.8) is 0 Å². The van der Waals surface area contributed by atoms with Crippen LogP contribution < -0.4 is 5.32 Å². The number of rotatable bonds is 4. The van der Waals surface area contributed by atoms with Crippen molar-refractivity contribution in [1.29, 1.82) is 0 Å². The van der Waals surface area contributed by atoms with Crippen molar-refractivity contribution in [3.8, 4) is 0 Å². The number of fused-ring (bicyclic) bond motifs is 1. The highest BCUT2D eigenvalue weighted by Gasteiger charge is 2.37. The average Bonchev–Trinajstić information content (AvgIpc) is 2.93. The van der Waals surface area contributed by atoms with Crippen LogP contribution in [0.3, 0.4) is 0 Å². The van der Waals surface area contributed by atoms with Gasteiger partial charge in [-0.2, -0.15) is 0 Å². The molecular weight excluding hydrogens is 364 g/mol. The van der Waals surface area contributed by atoms with Crippen molar-refractivity contribution in [2.45, 2.75) is 19.4 Å². The van der Waals surface area contributed by atoms with Crippen molar-refractivity contribution < 1.29 is 19.1 Å². The van der Waals surface area contributed by atoms with E-state index in [2.05, 4.69) is 5.32 Å². The number of ether oxygens (including phenoxy) is 1. The lowest BCUT2D eigenvalue weighted by atomic mass is 10.1. The fourth-order valence-corrected chi connectivity index (χ4v) is 4.29. The standard InChI is InChI=1S/C17H17ClN2O4S/c1-2-24-13(21)9-11-16(22)19-7-8-20(11)17(23)15-14(18)10-5-3-4-6-12(10)25-15/h3-6,11H,2,7-9H2,1H3,(H,19,22)/t11-/m0/s1. The third-order valence-corrected chi connectivity index (χ3v) is 5.65. The van der Waals surface area contributed by atoms with Crippen LogP contribution in [0.25, 0.3) is 10.1 Å². The Morgan fingerprint density at radius 1 is 1.40 bits per heavy atom. The van der Waals surface area contributed by atoms with Gasteiger partial charge in [0.25, 0.3) is 5.91 Å². The van der Waals surface area contributed by atoms with Crippen molar-refractivity contribution >= 4 is 50.8 Å². The maximum absolute atomic E-state index is 13.0. The zero-order valence-electron chi connectivity index (χ0n) is 13.6. The van der Waals surface area contributed by atoms with Crippen LogP contribution in [0.5, 0.6) is 0 Å². The molecule has 2 heterocycles. The fraction of sp³-hybridized carbons (Fsp3) is 0.353. The maximum Gasteiger partial charge on any atom is 0.308 e. The molecule has 132 valence electrons. The van der Waals surface area contributed by atoms with Crippen LogP contribution in [0, 0.1) is 0 Å².